The first-order valence-corrected chi connectivity index (χ1v) is 6.44. The van der Waals surface area contributed by atoms with E-state index in [0.29, 0.717) is 16.9 Å². The molecule has 2 aromatic heterocycles. The highest BCUT2D eigenvalue weighted by Gasteiger charge is 2.15. The fourth-order valence-electron chi connectivity index (χ4n) is 2.26. The number of hydrogen-bond acceptors (Lipinski definition) is 3. The third-order valence-corrected chi connectivity index (χ3v) is 3.14. The highest BCUT2D eigenvalue weighted by atomic mass is 16.1. The molecule has 0 aliphatic heterocycles. The van der Waals surface area contributed by atoms with Gasteiger partial charge in [-0.25, -0.2) is 4.98 Å². The van der Waals surface area contributed by atoms with Crippen LogP contribution in [-0.4, -0.2) is 15.9 Å². The summed E-state index contributed by atoms with van der Waals surface area (Å²) in [4.78, 5) is 18.9. The molecule has 21 heavy (non-hydrogen) atoms. The molecular weight excluding hydrogens is 264 g/mol. The smallest absolute Gasteiger partial charge is 0.221 e. The molecule has 1 aromatic carbocycles. The minimum Gasteiger partial charge on any atom is -0.337 e. The number of anilines is 1. The van der Waals surface area contributed by atoms with Gasteiger partial charge in [-0.15, -0.1) is 0 Å². The van der Waals surface area contributed by atoms with Crippen LogP contribution in [0.15, 0.2) is 42.6 Å². The zero-order valence-corrected chi connectivity index (χ0v) is 11.3. The Morgan fingerprint density at radius 2 is 2.10 bits per heavy atom. The Morgan fingerprint density at radius 3 is 2.76 bits per heavy atom. The van der Waals surface area contributed by atoms with Crippen molar-refractivity contribution in [2.45, 2.75) is 6.92 Å². The van der Waals surface area contributed by atoms with E-state index in [1.54, 1.807) is 6.07 Å². The average Bonchev–Trinajstić information content (AvgIpc) is 2.85. The summed E-state index contributed by atoms with van der Waals surface area (Å²) in [7, 11) is 0. The van der Waals surface area contributed by atoms with Crippen LogP contribution in [0.2, 0.25) is 0 Å². The molecule has 0 saturated carbocycles. The summed E-state index contributed by atoms with van der Waals surface area (Å²) in [5, 5.41) is 12.6. The van der Waals surface area contributed by atoms with Gasteiger partial charge in [0.25, 0.3) is 0 Å². The van der Waals surface area contributed by atoms with E-state index in [1.807, 2.05) is 30.3 Å². The molecule has 0 spiro atoms. The Kier molecular flexibility index (Phi) is 3.13. The molecule has 1 amide bonds. The predicted octanol–water partition coefficient (Wildman–Crippen LogP) is 3.06. The highest BCUT2D eigenvalue weighted by Crippen LogP contribution is 2.34. The van der Waals surface area contributed by atoms with Gasteiger partial charge in [-0.3, -0.25) is 4.79 Å². The number of benzene rings is 1. The first-order chi connectivity index (χ1) is 10.2. The lowest BCUT2D eigenvalue weighted by Crippen LogP contribution is -2.06. The topological polar surface area (TPSA) is 81.6 Å². The van der Waals surface area contributed by atoms with E-state index >= 15 is 0 Å². The number of carbonyl (C=O) groups is 1. The first-order valence-electron chi connectivity index (χ1n) is 6.44. The maximum atomic E-state index is 11.5. The fraction of sp³-hybridized carbons (Fsp3) is 0.0625. The molecule has 2 N–H and O–H groups in total. The van der Waals surface area contributed by atoms with Crippen LogP contribution in [0.1, 0.15) is 12.5 Å². The second kappa shape index (κ2) is 5.10. The van der Waals surface area contributed by atoms with Crippen molar-refractivity contribution < 1.29 is 4.79 Å². The van der Waals surface area contributed by atoms with E-state index in [0.717, 1.165) is 16.6 Å². The second-order valence-corrected chi connectivity index (χ2v) is 4.65. The van der Waals surface area contributed by atoms with Gasteiger partial charge in [-0.05, 0) is 6.07 Å². The molecule has 0 aliphatic carbocycles. The van der Waals surface area contributed by atoms with Crippen LogP contribution < -0.4 is 5.32 Å². The Hall–Kier alpha value is -3.13. The van der Waals surface area contributed by atoms with E-state index in [4.69, 9.17) is 5.26 Å². The monoisotopic (exact) mass is 276 g/mol. The summed E-state index contributed by atoms with van der Waals surface area (Å²) in [5.41, 5.74) is 3.46. The van der Waals surface area contributed by atoms with E-state index in [9.17, 15) is 4.79 Å². The van der Waals surface area contributed by atoms with Crippen molar-refractivity contribution in [1.82, 2.24) is 9.97 Å². The summed E-state index contributed by atoms with van der Waals surface area (Å²) < 4.78 is 0. The quantitative estimate of drug-likeness (QED) is 0.754. The normalized spacial score (nSPS) is 10.3. The van der Waals surface area contributed by atoms with Gasteiger partial charge in [0.05, 0.1) is 16.9 Å². The standard InChI is InChI=1S/C16H12N4O/c1-10(21)19-15-13-7-11(8-17)9-18-16(13)20-14(15)12-5-3-2-4-6-12/h2-7,9H,1H3,(H,18,20)(H,19,21). The Labute approximate surface area is 121 Å². The Bertz CT molecular complexity index is 859. The van der Waals surface area contributed by atoms with Crippen LogP contribution in [-0.2, 0) is 4.79 Å². The number of pyridine rings is 1. The number of hydrogen-bond donors (Lipinski definition) is 2. The van der Waals surface area contributed by atoms with Crippen molar-refractivity contribution in [2.75, 3.05) is 5.32 Å². The molecule has 0 fully saturated rings. The second-order valence-electron chi connectivity index (χ2n) is 4.65. The molecule has 2 heterocycles. The number of H-pyrrole nitrogens is 1. The summed E-state index contributed by atoms with van der Waals surface area (Å²) in [6.45, 7) is 1.45. The van der Waals surface area contributed by atoms with Crippen molar-refractivity contribution in [3.8, 4) is 17.3 Å². The van der Waals surface area contributed by atoms with E-state index in [-0.39, 0.29) is 5.91 Å². The Morgan fingerprint density at radius 1 is 1.33 bits per heavy atom. The van der Waals surface area contributed by atoms with Gasteiger partial charge >= 0.3 is 0 Å². The lowest BCUT2D eigenvalue weighted by Gasteiger charge is -2.05. The van der Waals surface area contributed by atoms with Crippen molar-refractivity contribution in [3.63, 3.8) is 0 Å². The van der Waals surface area contributed by atoms with Crippen LogP contribution in [0.4, 0.5) is 5.69 Å². The zero-order valence-electron chi connectivity index (χ0n) is 11.3. The molecule has 3 aromatic rings. The fourth-order valence-corrected chi connectivity index (χ4v) is 2.26. The average molecular weight is 276 g/mol. The van der Waals surface area contributed by atoms with Crippen LogP contribution in [0, 0.1) is 11.3 Å². The number of aromatic nitrogens is 2. The molecule has 0 unspecified atom stereocenters. The number of aromatic amines is 1. The van der Waals surface area contributed by atoms with Gasteiger partial charge in [0, 0.05) is 24.1 Å². The van der Waals surface area contributed by atoms with Crippen LogP contribution >= 0.6 is 0 Å². The van der Waals surface area contributed by atoms with Crippen LogP contribution in [0.25, 0.3) is 22.3 Å². The van der Waals surface area contributed by atoms with Gasteiger partial charge < -0.3 is 10.3 Å². The molecule has 0 radical (unpaired) electrons. The molecule has 3 rings (SSSR count). The van der Waals surface area contributed by atoms with Crippen LogP contribution in [0.3, 0.4) is 0 Å². The maximum Gasteiger partial charge on any atom is 0.221 e. The van der Waals surface area contributed by atoms with Crippen molar-refractivity contribution >= 4 is 22.6 Å². The molecule has 0 aliphatic rings. The Balaban J connectivity index is 2.29. The minimum atomic E-state index is -0.171. The van der Waals surface area contributed by atoms with E-state index in [2.05, 4.69) is 21.4 Å². The lowest BCUT2D eigenvalue weighted by molar-refractivity contribution is -0.114. The predicted molar refractivity (Wildman–Crippen MR) is 80.5 cm³/mol. The first kappa shape index (κ1) is 12.9. The molecule has 102 valence electrons. The number of amides is 1. The number of nitriles is 1. The summed E-state index contributed by atoms with van der Waals surface area (Å²) in [6, 6.07) is 13.4. The molecule has 5 heteroatoms. The van der Waals surface area contributed by atoms with Crippen molar-refractivity contribution in [1.29, 1.82) is 5.26 Å². The maximum absolute atomic E-state index is 11.5. The third kappa shape index (κ3) is 2.35. The number of fused-ring (bicyclic) bond motifs is 1. The van der Waals surface area contributed by atoms with Crippen molar-refractivity contribution in [3.05, 3.63) is 48.2 Å². The number of rotatable bonds is 2. The minimum absolute atomic E-state index is 0.171. The largest absolute Gasteiger partial charge is 0.337 e. The van der Waals surface area contributed by atoms with E-state index in [1.165, 1.54) is 13.1 Å². The number of nitrogens with one attached hydrogen (secondary N) is 2. The molecular formula is C16H12N4O. The highest BCUT2D eigenvalue weighted by molar-refractivity contribution is 6.06. The third-order valence-electron chi connectivity index (χ3n) is 3.14. The van der Waals surface area contributed by atoms with Gasteiger partial charge in [0.2, 0.25) is 5.91 Å². The SMILES string of the molecule is CC(=O)Nc1c(-c2ccccc2)[nH]c2ncc(C#N)cc12. The van der Waals surface area contributed by atoms with Gasteiger partial charge in [0.1, 0.15) is 11.7 Å². The van der Waals surface area contributed by atoms with Crippen molar-refractivity contribution in [2.24, 2.45) is 0 Å². The zero-order chi connectivity index (χ0) is 14.8. The van der Waals surface area contributed by atoms with Gasteiger partial charge in [-0.2, -0.15) is 5.26 Å². The number of nitrogens with zero attached hydrogens (tertiary/aromatic N) is 2. The van der Waals surface area contributed by atoms with Crippen LogP contribution in [0.5, 0.6) is 0 Å². The lowest BCUT2D eigenvalue weighted by atomic mass is 10.1. The van der Waals surface area contributed by atoms with E-state index < -0.39 is 0 Å². The number of carbonyl (C=O) groups excluding carboxylic acids is 1. The summed E-state index contributed by atoms with van der Waals surface area (Å²) >= 11 is 0. The van der Waals surface area contributed by atoms with Gasteiger partial charge in [0.15, 0.2) is 0 Å². The summed E-state index contributed by atoms with van der Waals surface area (Å²) in [6.07, 6.45) is 1.51. The molecule has 0 bridgehead atoms. The molecule has 0 saturated heterocycles. The molecule has 0 atom stereocenters. The van der Waals surface area contributed by atoms with Gasteiger partial charge in [-0.1, -0.05) is 30.3 Å². The summed E-state index contributed by atoms with van der Waals surface area (Å²) in [5.74, 6) is -0.171. The molecule has 5 nitrogen and oxygen atoms in total.